The Hall–Kier alpha value is -3.59. The van der Waals surface area contributed by atoms with Gasteiger partial charge in [-0.05, 0) is 56.5 Å². The maximum atomic E-state index is 13.3. The van der Waals surface area contributed by atoms with E-state index in [1.807, 2.05) is 38.1 Å². The zero-order valence-electron chi connectivity index (χ0n) is 18.7. The maximum absolute atomic E-state index is 13.3. The highest BCUT2D eigenvalue weighted by atomic mass is 16.3. The van der Waals surface area contributed by atoms with Crippen molar-refractivity contribution in [3.8, 4) is 0 Å². The molecule has 0 radical (unpaired) electrons. The molecule has 4 N–H and O–H groups in total. The first-order valence-corrected chi connectivity index (χ1v) is 11.3. The molecule has 1 saturated carbocycles. The van der Waals surface area contributed by atoms with Crippen LogP contribution in [0.4, 0.5) is 5.82 Å². The summed E-state index contributed by atoms with van der Waals surface area (Å²) in [5, 5.41) is 18.1. The highest BCUT2D eigenvalue weighted by Gasteiger charge is 2.24. The number of imidazole rings is 1. The molecule has 1 amide bonds. The van der Waals surface area contributed by atoms with Crippen LogP contribution in [0.1, 0.15) is 60.4 Å². The molecule has 1 fully saturated rings. The lowest BCUT2D eigenvalue weighted by Gasteiger charge is -2.26. The zero-order valence-corrected chi connectivity index (χ0v) is 18.7. The van der Waals surface area contributed by atoms with Gasteiger partial charge in [0.05, 0.1) is 24.2 Å². The molecule has 0 aliphatic heterocycles. The molecule has 5 rings (SSSR count). The molecular weight excluding hydrogens is 418 g/mol. The quantitative estimate of drug-likeness (QED) is 0.370. The summed E-state index contributed by atoms with van der Waals surface area (Å²) in [6, 6.07) is 7.84. The molecule has 0 saturated heterocycles. The van der Waals surface area contributed by atoms with Crippen LogP contribution in [-0.2, 0) is 0 Å². The largest absolute Gasteiger partial charge is 0.393 e. The van der Waals surface area contributed by atoms with E-state index in [9.17, 15) is 9.90 Å². The van der Waals surface area contributed by atoms with Crippen molar-refractivity contribution in [2.75, 3.05) is 5.32 Å². The minimum Gasteiger partial charge on any atom is -0.393 e. The molecule has 9 heteroatoms. The Morgan fingerprint density at radius 1 is 1.18 bits per heavy atom. The van der Waals surface area contributed by atoms with Crippen molar-refractivity contribution in [2.24, 2.45) is 0 Å². The van der Waals surface area contributed by atoms with E-state index < -0.39 is 0 Å². The smallest absolute Gasteiger partial charge is 0.270 e. The summed E-state index contributed by atoms with van der Waals surface area (Å²) < 4.78 is 0. The highest BCUT2D eigenvalue weighted by molar-refractivity contribution is 6.06. The molecule has 3 heterocycles. The number of carbonyl (C=O) groups is 1. The Kier molecular flexibility index (Phi) is 5.63. The van der Waals surface area contributed by atoms with Crippen LogP contribution in [0.25, 0.3) is 21.9 Å². The third-order valence-corrected chi connectivity index (χ3v) is 6.35. The van der Waals surface area contributed by atoms with Gasteiger partial charge in [-0.25, -0.2) is 19.9 Å². The third-order valence-electron chi connectivity index (χ3n) is 6.35. The molecule has 0 bridgehead atoms. The number of aryl methyl sites for hydroxylation is 1. The van der Waals surface area contributed by atoms with Gasteiger partial charge in [0.15, 0.2) is 11.5 Å². The summed E-state index contributed by atoms with van der Waals surface area (Å²) in [6.07, 6.45) is 5.75. The zero-order chi connectivity index (χ0) is 22.9. The van der Waals surface area contributed by atoms with E-state index in [1.165, 1.54) is 6.33 Å². The molecule has 1 aromatic carbocycles. The van der Waals surface area contributed by atoms with Crippen molar-refractivity contribution >= 4 is 33.7 Å². The molecule has 9 nitrogen and oxygen atoms in total. The fourth-order valence-corrected chi connectivity index (χ4v) is 4.52. The van der Waals surface area contributed by atoms with Gasteiger partial charge in [0.1, 0.15) is 17.5 Å². The summed E-state index contributed by atoms with van der Waals surface area (Å²) in [6.45, 7) is 3.98. The lowest BCUT2D eigenvalue weighted by Crippen LogP contribution is -2.39. The van der Waals surface area contributed by atoms with Gasteiger partial charge in [-0.2, -0.15) is 0 Å². The first kappa shape index (κ1) is 21.3. The number of H-pyrrole nitrogens is 1. The van der Waals surface area contributed by atoms with Crippen LogP contribution in [0.2, 0.25) is 0 Å². The van der Waals surface area contributed by atoms with Crippen molar-refractivity contribution in [2.45, 2.75) is 57.7 Å². The van der Waals surface area contributed by atoms with Gasteiger partial charge in [-0.15, -0.1) is 0 Å². The molecule has 0 unspecified atom stereocenters. The van der Waals surface area contributed by atoms with E-state index in [-0.39, 0.29) is 24.1 Å². The van der Waals surface area contributed by atoms with Crippen molar-refractivity contribution in [1.82, 2.24) is 30.2 Å². The van der Waals surface area contributed by atoms with Gasteiger partial charge in [0, 0.05) is 11.4 Å². The Morgan fingerprint density at radius 2 is 2.00 bits per heavy atom. The predicted molar refractivity (Wildman–Crippen MR) is 126 cm³/mol. The van der Waals surface area contributed by atoms with Crippen LogP contribution in [0, 0.1) is 6.92 Å². The van der Waals surface area contributed by atoms with Gasteiger partial charge in [0.25, 0.3) is 5.91 Å². The van der Waals surface area contributed by atoms with E-state index in [0.29, 0.717) is 30.0 Å². The number of carbonyl (C=O) groups excluding carboxylic acids is 1. The molecule has 1 aliphatic carbocycles. The Labute approximate surface area is 191 Å². The number of nitrogens with one attached hydrogen (secondary N) is 3. The third kappa shape index (κ3) is 4.23. The number of aromatic nitrogens is 5. The van der Waals surface area contributed by atoms with Crippen molar-refractivity contribution in [3.05, 3.63) is 53.9 Å². The fraction of sp³-hybridized carbons (Fsp3) is 0.375. The number of nitrogens with zero attached hydrogens (tertiary/aromatic N) is 4. The summed E-state index contributed by atoms with van der Waals surface area (Å²) in [4.78, 5) is 33.9. The number of hydrogen-bond donors (Lipinski definition) is 4. The average Bonchev–Trinajstić information content (AvgIpc) is 3.30. The maximum Gasteiger partial charge on any atom is 0.270 e. The van der Waals surface area contributed by atoms with Gasteiger partial charge < -0.3 is 20.7 Å². The lowest BCUT2D eigenvalue weighted by molar-refractivity contribution is 0.0864. The highest BCUT2D eigenvalue weighted by Crippen LogP contribution is 2.28. The molecule has 1 atom stereocenters. The molecule has 1 aliphatic rings. The van der Waals surface area contributed by atoms with Crippen molar-refractivity contribution in [1.29, 1.82) is 0 Å². The standard InChI is InChI=1S/C24H27N7O2/c1-13-4-3-5-15-10-18(14(2)29-23-21-22(26-11-25-21)27-12-28-23)31-20(19(13)15)24(33)30-16-6-8-17(32)9-7-16/h3-5,10-12,14,16-17,32H,6-9H2,1-2H3,(H,30,33)(H2,25,26,27,28,29)/t14-,16?,17?/m0/s1. The van der Waals surface area contributed by atoms with E-state index in [1.54, 1.807) is 6.33 Å². The van der Waals surface area contributed by atoms with E-state index in [0.717, 1.165) is 40.4 Å². The molecular formula is C24H27N7O2. The van der Waals surface area contributed by atoms with Gasteiger partial charge in [-0.3, -0.25) is 4.79 Å². The van der Waals surface area contributed by atoms with Gasteiger partial charge in [0.2, 0.25) is 0 Å². The van der Waals surface area contributed by atoms with Gasteiger partial charge >= 0.3 is 0 Å². The average molecular weight is 446 g/mol. The Morgan fingerprint density at radius 3 is 2.82 bits per heavy atom. The van der Waals surface area contributed by atoms with Crippen LogP contribution in [0.15, 0.2) is 36.9 Å². The molecule has 3 aromatic heterocycles. The van der Waals surface area contributed by atoms with E-state index in [2.05, 4.69) is 30.6 Å². The summed E-state index contributed by atoms with van der Waals surface area (Å²) in [7, 11) is 0. The van der Waals surface area contributed by atoms with Gasteiger partial charge in [-0.1, -0.05) is 18.2 Å². The fourth-order valence-electron chi connectivity index (χ4n) is 4.52. The van der Waals surface area contributed by atoms with Crippen LogP contribution in [-0.4, -0.2) is 48.1 Å². The SMILES string of the molecule is Cc1cccc2cc([C@H](C)Nc3ncnc4nc[nH]c34)nc(C(=O)NC3CCC(O)CC3)c12. The first-order valence-electron chi connectivity index (χ1n) is 11.3. The molecule has 4 aromatic rings. The number of benzene rings is 1. The summed E-state index contributed by atoms with van der Waals surface area (Å²) in [5.74, 6) is 0.450. The lowest BCUT2D eigenvalue weighted by atomic mass is 9.93. The number of fused-ring (bicyclic) bond motifs is 2. The minimum absolute atomic E-state index is 0.0515. The second-order valence-corrected chi connectivity index (χ2v) is 8.74. The number of hydrogen-bond acceptors (Lipinski definition) is 7. The minimum atomic E-state index is -0.266. The summed E-state index contributed by atoms with van der Waals surface area (Å²) >= 11 is 0. The number of amides is 1. The Bertz CT molecular complexity index is 1310. The number of aliphatic hydroxyl groups is 1. The number of anilines is 1. The first-order chi connectivity index (χ1) is 16.0. The number of pyridine rings is 1. The van der Waals surface area contributed by atoms with Crippen LogP contribution in [0.5, 0.6) is 0 Å². The molecule has 33 heavy (non-hydrogen) atoms. The van der Waals surface area contributed by atoms with E-state index in [4.69, 9.17) is 4.98 Å². The molecule has 170 valence electrons. The topological polar surface area (TPSA) is 129 Å². The van der Waals surface area contributed by atoms with E-state index >= 15 is 0 Å². The Balaban J connectivity index is 1.48. The normalized spacial score (nSPS) is 19.5. The second-order valence-electron chi connectivity index (χ2n) is 8.74. The predicted octanol–water partition coefficient (Wildman–Crippen LogP) is 3.42. The number of rotatable bonds is 5. The number of aromatic amines is 1. The van der Waals surface area contributed by atoms with Crippen LogP contribution < -0.4 is 10.6 Å². The van der Waals surface area contributed by atoms with Crippen molar-refractivity contribution in [3.63, 3.8) is 0 Å². The second kappa shape index (κ2) is 8.74. The number of aliphatic hydroxyl groups excluding tert-OH is 1. The molecule has 0 spiro atoms. The summed E-state index contributed by atoms with van der Waals surface area (Å²) in [5.41, 5.74) is 3.47. The van der Waals surface area contributed by atoms with Crippen molar-refractivity contribution < 1.29 is 9.90 Å². The van der Waals surface area contributed by atoms with Crippen LogP contribution in [0.3, 0.4) is 0 Å². The van der Waals surface area contributed by atoms with Crippen LogP contribution >= 0.6 is 0 Å². The monoisotopic (exact) mass is 445 g/mol.